The van der Waals surface area contributed by atoms with E-state index in [0.29, 0.717) is 0 Å². The van der Waals surface area contributed by atoms with Crippen molar-refractivity contribution in [2.45, 2.75) is 19.4 Å². The van der Waals surface area contributed by atoms with Crippen molar-refractivity contribution in [3.8, 4) is 10.6 Å². The Labute approximate surface area is 136 Å². The summed E-state index contributed by atoms with van der Waals surface area (Å²) in [6, 6.07) is 2.14. The van der Waals surface area contributed by atoms with Crippen LogP contribution in [0.4, 0.5) is 0 Å². The quantitative estimate of drug-likeness (QED) is 0.889. The molecular weight excluding hydrogens is 354 g/mol. The summed E-state index contributed by atoms with van der Waals surface area (Å²) in [6.45, 7) is 8.88. The molecule has 0 atom stereocenters. The highest BCUT2D eigenvalue weighted by Crippen LogP contribution is 2.35. The lowest BCUT2D eigenvalue weighted by molar-refractivity contribution is 0.102. The van der Waals surface area contributed by atoms with Crippen molar-refractivity contribution in [2.75, 3.05) is 26.2 Å². The number of piperazine rings is 1. The second-order valence-electron chi connectivity index (χ2n) is 5.46. The Morgan fingerprint density at radius 1 is 1.25 bits per heavy atom. The van der Waals surface area contributed by atoms with E-state index in [-0.39, 0.29) is 5.54 Å². The van der Waals surface area contributed by atoms with Gasteiger partial charge in [0.25, 0.3) is 0 Å². The van der Waals surface area contributed by atoms with Gasteiger partial charge in [0.15, 0.2) is 0 Å². The van der Waals surface area contributed by atoms with Crippen LogP contribution in [0, 0.1) is 0 Å². The molecule has 1 aliphatic rings. The van der Waals surface area contributed by atoms with Gasteiger partial charge in [-0.05, 0) is 35.8 Å². The van der Waals surface area contributed by atoms with Gasteiger partial charge in [-0.15, -0.1) is 22.7 Å². The van der Waals surface area contributed by atoms with Gasteiger partial charge in [-0.3, -0.25) is 4.90 Å². The number of aromatic nitrogens is 1. The fourth-order valence-corrected chi connectivity index (χ4v) is 4.91. The molecular formula is C14H18BrN3S2. The molecule has 0 aliphatic carbocycles. The minimum Gasteiger partial charge on any atom is -0.314 e. The maximum atomic E-state index is 4.89. The normalized spacial score (nSPS) is 17.6. The van der Waals surface area contributed by atoms with Gasteiger partial charge in [-0.25, -0.2) is 4.98 Å². The molecule has 1 aliphatic heterocycles. The summed E-state index contributed by atoms with van der Waals surface area (Å²) in [6.07, 6.45) is 0. The summed E-state index contributed by atoms with van der Waals surface area (Å²) in [5.41, 5.74) is 1.11. The zero-order valence-corrected chi connectivity index (χ0v) is 14.9. The van der Waals surface area contributed by atoms with Crippen LogP contribution < -0.4 is 5.32 Å². The molecule has 0 spiro atoms. The summed E-state index contributed by atoms with van der Waals surface area (Å²) in [4.78, 5) is 8.64. The van der Waals surface area contributed by atoms with Gasteiger partial charge in [0.05, 0.1) is 16.1 Å². The molecule has 2 aromatic rings. The third-order valence-corrected chi connectivity index (χ3v) is 6.62. The molecule has 3 rings (SSSR count). The molecule has 0 bridgehead atoms. The predicted octanol–water partition coefficient (Wildman–Crippen LogP) is 3.77. The zero-order valence-electron chi connectivity index (χ0n) is 11.6. The molecule has 20 heavy (non-hydrogen) atoms. The molecule has 6 heteroatoms. The number of thiophene rings is 1. The Hall–Kier alpha value is -0.270. The fraction of sp³-hybridized carbons (Fsp3) is 0.500. The standard InChI is InChI=1S/C14H18BrN3S2/c1-14(2,18-5-3-16-4-6-18)13-17-11(9-20-13)12-7-10(15)8-19-12/h7-9,16H,3-6H2,1-2H3. The molecule has 0 amide bonds. The number of nitrogens with zero attached hydrogens (tertiary/aromatic N) is 2. The highest BCUT2D eigenvalue weighted by Gasteiger charge is 2.32. The minimum atomic E-state index is 0.0134. The van der Waals surface area contributed by atoms with Crippen LogP contribution in [0.1, 0.15) is 18.9 Å². The molecule has 2 aromatic heterocycles. The van der Waals surface area contributed by atoms with Crippen LogP contribution in [0.3, 0.4) is 0 Å². The minimum absolute atomic E-state index is 0.0134. The third kappa shape index (κ3) is 2.85. The maximum absolute atomic E-state index is 4.89. The van der Waals surface area contributed by atoms with E-state index in [9.17, 15) is 0 Å². The summed E-state index contributed by atoms with van der Waals surface area (Å²) < 4.78 is 1.13. The van der Waals surface area contributed by atoms with Crippen LogP contribution in [0.25, 0.3) is 10.6 Å². The van der Waals surface area contributed by atoms with Crippen molar-refractivity contribution in [2.24, 2.45) is 0 Å². The van der Waals surface area contributed by atoms with Crippen molar-refractivity contribution in [3.05, 3.63) is 26.3 Å². The molecule has 0 aromatic carbocycles. The van der Waals surface area contributed by atoms with Gasteiger partial charge < -0.3 is 5.32 Å². The summed E-state index contributed by atoms with van der Waals surface area (Å²) in [7, 11) is 0. The molecule has 3 heterocycles. The first-order valence-corrected chi connectivity index (χ1v) is 9.29. The van der Waals surface area contributed by atoms with Gasteiger partial charge in [0.1, 0.15) is 5.01 Å². The molecule has 1 saturated heterocycles. The van der Waals surface area contributed by atoms with Gasteiger partial charge in [0.2, 0.25) is 0 Å². The van der Waals surface area contributed by atoms with Crippen LogP contribution in [-0.4, -0.2) is 36.1 Å². The van der Waals surface area contributed by atoms with Gasteiger partial charge in [0, 0.05) is 41.4 Å². The number of rotatable bonds is 3. The smallest absolute Gasteiger partial charge is 0.113 e. The topological polar surface area (TPSA) is 28.2 Å². The number of thiazole rings is 1. The Bertz CT molecular complexity index is 585. The first-order chi connectivity index (χ1) is 9.57. The fourth-order valence-electron chi connectivity index (χ4n) is 2.47. The van der Waals surface area contributed by atoms with Gasteiger partial charge in [-0.2, -0.15) is 0 Å². The highest BCUT2D eigenvalue weighted by molar-refractivity contribution is 9.10. The average Bonchev–Trinajstić information content (AvgIpc) is 3.08. The van der Waals surface area contributed by atoms with E-state index in [4.69, 9.17) is 4.98 Å². The van der Waals surface area contributed by atoms with Crippen LogP contribution in [0.2, 0.25) is 0 Å². The molecule has 1 N–H and O–H groups in total. The first-order valence-electron chi connectivity index (χ1n) is 6.73. The second-order valence-corrected chi connectivity index (χ2v) is 8.15. The Kier molecular flexibility index (Phi) is 4.29. The maximum Gasteiger partial charge on any atom is 0.113 e. The number of hydrogen-bond acceptors (Lipinski definition) is 5. The third-order valence-electron chi connectivity index (χ3n) is 3.76. The van der Waals surface area contributed by atoms with Crippen LogP contribution in [-0.2, 0) is 5.54 Å². The van der Waals surface area contributed by atoms with E-state index >= 15 is 0 Å². The van der Waals surface area contributed by atoms with Gasteiger partial charge >= 0.3 is 0 Å². The summed E-state index contributed by atoms with van der Waals surface area (Å²) in [5, 5.41) is 8.90. The number of halogens is 1. The van der Waals surface area contributed by atoms with Crippen molar-refractivity contribution < 1.29 is 0 Å². The van der Waals surface area contributed by atoms with Crippen molar-refractivity contribution in [1.29, 1.82) is 0 Å². The summed E-state index contributed by atoms with van der Waals surface area (Å²) >= 11 is 7.02. The lowest BCUT2D eigenvalue weighted by Crippen LogP contribution is -2.51. The molecule has 1 fully saturated rings. The molecule has 3 nitrogen and oxygen atoms in total. The number of hydrogen-bond donors (Lipinski definition) is 1. The first kappa shape index (κ1) is 14.7. The summed E-state index contributed by atoms with van der Waals surface area (Å²) in [5.74, 6) is 0. The average molecular weight is 372 g/mol. The molecule has 0 radical (unpaired) electrons. The second kappa shape index (κ2) is 5.85. The molecule has 108 valence electrons. The van der Waals surface area contributed by atoms with E-state index in [1.807, 2.05) is 0 Å². The Balaban J connectivity index is 1.85. The van der Waals surface area contributed by atoms with E-state index in [2.05, 4.69) is 56.8 Å². The largest absolute Gasteiger partial charge is 0.314 e. The zero-order chi connectivity index (χ0) is 14.2. The van der Waals surface area contributed by atoms with Crippen molar-refractivity contribution in [1.82, 2.24) is 15.2 Å². The van der Waals surface area contributed by atoms with E-state index in [1.165, 1.54) is 9.88 Å². The SMILES string of the molecule is CC(C)(c1nc(-c2cc(Br)cs2)cs1)N1CCNCC1. The monoisotopic (exact) mass is 371 g/mol. The van der Waals surface area contributed by atoms with Crippen molar-refractivity contribution in [3.63, 3.8) is 0 Å². The lowest BCUT2D eigenvalue weighted by atomic mass is 10.0. The lowest BCUT2D eigenvalue weighted by Gasteiger charge is -2.39. The predicted molar refractivity (Wildman–Crippen MR) is 90.6 cm³/mol. The van der Waals surface area contributed by atoms with Crippen LogP contribution in [0.15, 0.2) is 21.3 Å². The van der Waals surface area contributed by atoms with Crippen LogP contribution in [0.5, 0.6) is 0 Å². The highest BCUT2D eigenvalue weighted by atomic mass is 79.9. The Morgan fingerprint density at radius 3 is 2.65 bits per heavy atom. The Morgan fingerprint density at radius 2 is 2.00 bits per heavy atom. The molecule has 0 unspecified atom stereocenters. The van der Waals surface area contributed by atoms with E-state index in [1.54, 1.807) is 22.7 Å². The van der Waals surface area contributed by atoms with Gasteiger partial charge in [-0.1, -0.05) is 0 Å². The number of nitrogens with one attached hydrogen (secondary N) is 1. The molecule has 0 saturated carbocycles. The van der Waals surface area contributed by atoms with E-state index in [0.717, 1.165) is 36.3 Å². The van der Waals surface area contributed by atoms with Crippen molar-refractivity contribution >= 4 is 38.6 Å². The van der Waals surface area contributed by atoms with E-state index < -0.39 is 0 Å². The van der Waals surface area contributed by atoms with Crippen LogP contribution >= 0.6 is 38.6 Å².